The van der Waals surface area contributed by atoms with E-state index in [2.05, 4.69) is 46.6 Å². The molecule has 7 N–H and O–H groups in total. The molecule has 0 aliphatic rings. The summed E-state index contributed by atoms with van der Waals surface area (Å²) in [4.78, 5) is 25.1. The van der Waals surface area contributed by atoms with Crippen molar-refractivity contribution in [3.05, 3.63) is 136 Å². The van der Waals surface area contributed by atoms with E-state index in [0.29, 0.717) is 70.2 Å². The fourth-order valence-electron chi connectivity index (χ4n) is 3.81. The molecule has 4 aromatic heterocycles. The molecule has 0 bridgehead atoms. The predicted molar refractivity (Wildman–Crippen MR) is 211 cm³/mol. The van der Waals surface area contributed by atoms with Crippen molar-refractivity contribution in [3.8, 4) is 28.8 Å². The van der Waals surface area contributed by atoms with Crippen molar-refractivity contribution in [2.75, 3.05) is 16.8 Å². The van der Waals surface area contributed by atoms with Gasteiger partial charge in [-0.15, -0.1) is 43.1 Å². The van der Waals surface area contributed by atoms with Gasteiger partial charge in [0.25, 0.3) is 11.1 Å². The Morgan fingerprint density at radius 3 is 1.65 bits per heavy atom. The molecule has 55 heavy (non-hydrogen) atoms. The molecule has 0 spiro atoms. The number of nitrogens with one attached hydrogen (secondary N) is 3. The first kappa shape index (κ1) is 46.1. The van der Waals surface area contributed by atoms with Gasteiger partial charge in [-0.05, 0) is 81.3 Å². The van der Waals surface area contributed by atoms with Crippen molar-refractivity contribution in [2.24, 2.45) is 0 Å². The normalized spacial score (nSPS) is 9.29. The number of carbonyl (C=O) groups is 2. The van der Waals surface area contributed by atoms with Crippen LogP contribution in [0.2, 0.25) is 15.1 Å². The Hall–Kier alpha value is -5.10. The van der Waals surface area contributed by atoms with Gasteiger partial charge in [-0.3, -0.25) is 14.5 Å². The van der Waals surface area contributed by atoms with Crippen LogP contribution < -0.4 is 46.3 Å². The van der Waals surface area contributed by atoms with Crippen LogP contribution in [-0.2, 0) is 0 Å². The molecule has 0 radical (unpaired) electrons. The molecule has 0 aliphatic carbocycles. The number of carbonyl (C=O) groups excluding carboxylic acids is 2. The molecule has 1 amide bonds. The number of halogens is 4. The molecular formula is C31H22Cl4N15NaO2S2. The second kappa shape index (κ2) is 24.3. The summed E-state index contributed by atoms with van der Waals surface area (Å²) in [6.45, 7) is 0. The van der Waals surface area contributed by atoms with Crippen molar-refractivity contribution in [1.82, 2.24) is 41.2 Å². The zero-order valence-electron chi connectivity index (χ0n) is 27.9. The van der Waals surface area contributed by atoms with E-state index in [-0.39, 0.29) is 40.7 Å². The van der Waals surface area contributed by atoms with E-state index in [1.807, 2.05) is 22.9 Å². The molecule has 0 saturated carbocycles. The zero-order valence-corrected chi connectivity index (χ0v) is 34.6. The number of rotatable bonds is 5. The topological polar surface area (TPSA) is 290 Å². The Kier molecular flexibility index (Phi) is 20.4. The smallest absolute Gasteiger partial charge is 0.398 e. The Labute approximate surface area is 361 Å². The number of anilines is 3. The fourth-order valence-corrected chi connectivity index (χ4v) is 5.93. The molecule has 7 aromatic rings. The second-order valence-electron chi connectivity index (χ2n) is 9.43. The number of amides is 1. The maximum absolute atomic E-state index is 12.1. The molecular weight excluding hydrogens is 843 g/mol. The summed E-state index contributed by atoms with van der Waals surface area (Å²) in [6, 6.07) is 24.4. The molecule has 17 nitrogen and oxygen atoms in total. The van der Waals surface area contributed by atoms with Gasteiger partial charge in [0.1, 0.15) is 6.07 Å². The van der Waals surface area contributed by atoms with Crippen molar-refractivity contribution in [2.45, 2.75) is 0 Å². The number of nitrogens with two attached hydrogens (primary N) is 2. The SMILES string of the molecule is N#Cc1c(N)cccc1Cl.Nc1cccc(Cl)c1-c1nn[nH]n1.O=C(Cl)c1cccs1.O=C(Nc1cccc(Cl)c1-c1nn[nH]n1)c1cccs1.[N-]=[N+]=[N-].[Na+]. The third kappa shape index (κ3) is 14.2. The summed E-state index contributed by atoms with van der Waals surface area (Å²) in [5, 5.41) is 43.0. The van der Waals surface area contributed by atoms with Gasteiger partial charge in [-0.25, -0.2) is 0 Å². The van der Waals surface area contributed by atoms with E-state index in [0.717, 1.165) is 0 Å². The van der Waals surface area contributed by atoms with E-state index in [4.69, 9.17) is 74.2 Å². The first-order valence-electron chi connectivity index (χ1n) is 14.3. The Morgan fingerprint density at radius 2 is 1.24 bits per heavy atom. The molecule has 0 fully saturated rings. The van der Waals surface area contributed by atoms with E-state index < -0.39 is 0 Å². The molecule has 0 unspecified atom stereocenters. The van der Waals surface area contributed by atoms with Crippen LogP contribution in [0.4, 0.5) is 17.1 Å². The van der Waals surface area contributed by atoms with E-state index in [1.54, 1.807) is 72.8 Å². The van der Waals surface area contributed by atoms with Gasteiger partial charge in [-0.2, -0.15) is 15.7 Å². The van der Waals surface area contributed by atoms with Crippen LogP contribution in [0.1, 0.15) is 24.9 Å². The second-order valence-corrected chi connectivity index (χ2v) is 12.9. The zero-order chi connectivity index (χ0) is 39.5. The number of thiophene rings is 2. The van der Waals surface area contributed by atoms with Crippen LogP contribution in [0.25, 0.3) is 38.7 Å². The van der Waals surface area contributed by atoms with Crippen LogP contribution in [0.15, 0.2) is 89.6 Å². The number of benzene rings is 3. The monoisotopic (exact) mass is 863 g/mol. The molecule has 274 valence electrons. The average Bonchev–Trinajstić information content (AvgIpc) is 3.98. The van der Waals surface area contributed by atoms with E-state index in [1.165, 1.54) is 27.6 Å². The van der Waals surface area contributed by atoms with Crippen LogP contribution in [-0.4, -0.2) is 52.4 Å². The van der Waals surface area contributed by atoms with Gasteiger partial charge in [0, 0.05) is 5.69 Å². The molecule has 4 heterocycles. The fraction of sp³-hybridized carbons (Fsp3) is 0. The van der Waals surface area contributed by atoms with Gasteiger partial charge in [0.15, 0.2) is 0 Å². The van der Waals surface area contributed by atoms with Gasteiger partial charge >= 0.3 is 29.6 Å². The van der Waals surface area contributed by atoms with Crippen molar-refractivity contribution >= 4 is 97.3 Å². The summed E-state index contributed by atoms with van der Waals surface area (Å²) in [7, 11) is 0. The maximum atomic E-state index is 12.1. The number of tetrazole rings is 2. The molecule has 24 heteroatoms. The van der Waals surface area contributed by atoms with Gasteiger partial charge in [0.2, 0.25) is 11.6 Å². The predicted octanol–water partition coefficient (Wildman–Crippen LogP) is 5.73. The average molecular weight is 866 g/mol. The van der Waals surface area contributed by atoms with Crippen molar-refractivity contribution < 1.29 is 39.1 Å². The number of hydrogen-bond donors (Lipinski definition) is 5. The minimum Gasteiger partial charge on any atom is -0.398 e. The number of aromatic amines is 2. The number of nitrogen functional groups attached to an aromatic ring is 2. The number of aromatic nitrogens is 8. The summed E-state index contributed by atoms with van der Waals surface area (Å²) in [6.07, 6.45) is 0. The van der Waals surface area contributed by atoms with E-state index in [9.17, 15) is 9.59 Å². The van der Waals surface area contributed by atoms with Crippen molar-refractivity contribution in [3.63, 3.8) is 0 Å². The third-order valence-corrected chi connectivity index (χ3v) is 9.06. The first-order chi connectivity index (χ1) is 26.0. The minimum atomic E-state index is -0.375. The number of nitrogens with zero attached hydrogens (tertiary/aromatic N) is 10. The van der Waals surface area contributed by atoms with Crippen LogP contribution in [0, 0.1) is 11.3 Å². The number of H-pyrrole nitrogens is 2. The van der Waals surface area contributed by atoms with Crippen molar-refractivity contribution in [1.29, 1.82) is 5.26 Å². The first-order valence-corrected chi connectivity index (χ1v) is 17.6. The molecule has 3 aromatic carbocycles. The largest absolute Gasteiger partial charge is 1.00 e. The Morgan fingerprint density at radius 1 is 0.745 bits per heavy atom. The van der Waals surface area contributed by atoms with Gasteiger partial charge < -0.3 is 27.8 Å². The molecule has 0 saturated heterocycles. The quantitative estimate of drug-likeness (QED) is 0.0348. The molecule has 0 atom stereocenters. The molecule has 7 rings (SSSR count). The minimum absolute atomic E-state index is 0. The summed E-state index contributed by atoms with van der Waals surface area (Å²) < 4.78 is 0. The Bertz CT molecular complexity index is 2280. The maximum Gasteiger partial charge on any atom is 1.00 e. The summed E-state index contributed by atoms with van der Waals surface area (Å²) in [5.74, 6) is 0.534. The number of nitriles is 1. The summed E-state index contributed by atoms with van der Waals surface area (Å²) in [5.41, 5.74) is 27.6. The number of hydrogen-bond acceptors (Lipinski definition) is 13. The van der Waals surface area contributed by atoms with Crippen LogP contribution in [0.5, 0.6) is 0 Å². The van der Waals surface area contributed by atoms with E-state index >= 15 is 0 Å². The van der Waals surface area contributed by atoms with Gasteiger partial charge in [-0.1, -0.05) is 65.1 Å². The Balaban J connectivity index is 0.000000260. The van der Waals surface area contributed by atoms with Crippen LogP contribution in [0.3, 0.4) is 0 Å². The molecule has 0 aliphatic heterocycles. The van der Waals surface area contributed by atoms with Gasteiger partial charge in [0.05, 0.1) is 52.9 Å². The third-order valence-electron chi connectivity index (χ3n) is 6.06. The van der Waals surface area contributed by atoms with Crippen LogP contribution >= 0.6 is 69.1 Å². The summed E-state index contributed by atoms with van der Waals surface area (Å²) >= 11 is 25.5. The standard InChI is InChI=1S/C12H8ClN5OS.C7H6ClN5.C7H5ClN2.C5H3ClOS.N3.Na/c13-7-3-1-4-8(10(7)11-15-17-18-16-11)14-12(19)9-5-2-6-20-9;8-4-2-1-3-5(9)6(4)7-10-12-13-11-7;8-6-2-1-3-7(10)5(6)4-9;6-5(7)4-2-1-3-8-4;1-3-2;/h1-6H,(H,14,19)(H,15,16,17,18);1-3H,9H2,(H,10,11,12,13);1-3H,10H2;1-3H;;/q;;;;-1;+1.